The first-order valence-electron chi connectivity index (χ1n) is 3.58. The van der Waals surface area contributed by atoms with Crippen molar-refractivity contribution in [2.75, 3.05) is 7.11 Å². The highest BCUT2D eigenvalue weighted by atomic mass is 16.5. The first kappa shape index (κ1) is 9.69. The highest BCUT2D eigenvalue weighted by Crippen LogP contribution is 2.06. The molecule has 0 bridgehead atoms. The van der Waals surface area contributed by atoms with E-state index in [9.17, 15) is 4.79 Å². The van der Waals surface area contributed by atoms with E-state index in [1.807, 2.05) is 0 Å². The molecule has 0 atom stereocenters. The van der Waals surface area contributed by atoms with Gasteiger partial charge in [0.1, 0.15) is 18.0 Å². The average Bonchev–Trinajstić information content (AvgIpc) is 2.48. The monoisotopic (exact) mass is 186 g/mol. The van der Waals surface area contributed by atoms with E-state index >= 15 is 0 Å². The number of ether oxygens (including phenoxy) is 1. The van der Waals surface area contributed by atoms with Crippen LogP contribution in [-0.2, 0) is 18.1 Å². The summed E-state index contributed by atoms with van der Waals surface area (Å²) >= 11 is 0. The Morgan fingerprint density at radius 2 is 2.46 bits per heavy atom. The van der Waals surface area contributed by atoms with E-state index < -0.39 is 12.6 Å². The van der Waals surface area contributed by atoms with Gasteiger partial charge in [-0.2, -0.15) is 5.10 Å². The maximum Gasteiger partial charge on any atom is 0.339 e. The van der Waals surface area contributed by atoms with E-state index in [-0.39, 0.29) is 18.0 Å². The Balaban J connectivity index is 2.97. The highest BCUT2D eigenvalue weighted by Gasteiger charge is 2.13. The SMILES string of the molecule is COCn1cc(C(=O)O)c(CO)n1. The first-order chi connectivity index (χ1) is 6.19. The summed E-state index contributed by atoms with van der Waals surface area (Å²) in [5.74, 6) is -1.11. The lowest BCUT2D eigenvalue weighted by Gasteiger charge is -1.95. The molecular weight excluding hydrogens is 176 g/mol. The number of nitrogens with zero attached hydrogens (tertiary/aromatic N) is 2. The second-order valence-electron chi connectivity index (χ2n) is 2.41. The van der Waals surface area contributed by atoms with E-state index in [1.165, 1.54) is 18.0 Å². The van der Waals surface area contributed by atoms with Crippen molar-refractivity contribution in [1.29, 1.82) is 0 Å². The van der Waals surface area contributed by atoms with E-state index in [4.69, 9.17) is 14.9 Å². The molecule has 0 saturated carbocycles. The number of rotatable bonds is 4. The normalized spacial score (nSPS) is 10.3. The van der Waals surface area contributed by atoms with Gasteiger partial charge in [0.15, 0.2) is 0 Å². The number of methoxy groups -OCH3 is 1. The van der Waals surface area contributed by atoms with Crippen LogP contribution in [0.3, 0.4) is 0 Å². The van der Waals surface area contributed by atoms with Gasteiger partial charge in [0.2, 0.25) is 0 Å². The van der Waals surface area contributed by atoms with Crippen LogP contribution in [0.1, 0.15) is 16.1 Å². The molecule has 6 heteroatoms. The predicted octanol–water partition coefficient (Wildman–Crippen LogP) is -0.323. The molecule has 2 N–H and O–H groups in total. The Morgan fingerprint density at radius 1 is 1.77 bits per heavy atom. The minimum Gasteiger partial charge on any atom is -0.478 e. The van der Waals surface area contributed by atoms with Crippen molar-refractivity contribution >= 4 is 5.97 Å². The Kier molecular flexibility index (Phi) is 2.99. The highest BCUT2D eigenvalue weighted by molar-refractivity contribution is 5.88. The third kappa shape index (κ3) is 2.04. The van der Waals surface area contributed by atoms with Crippen molar-refractivity contribution in [3.05, 3.63) is 17.5 Å². The molecule has 0 aromatic carbocycles. The quantitative estimate of drug-likeness (QED) is 0.673. The largest absolute Gasteiger partial charge is 0.478 e. The summed E-state index contributed by atoms with van der Waals surface area (Å²) in [6.07, 6.45) is 1.32. The van der Waals surface area contributed by atoms with Crippen molar-refractivity contribution in [2.24, 2.45) is 0 Å². The van der Waals surface area contributed by atoms with E-state index in [2.05, 4.69) is 5.10 Å². The van der Waals surface area contributed by atoms with Gasteiger partial charge in [-0.05, 0) is 0 Å². The zero-order chi connectivity index (χ0) is 9.84. The van der Waals surface area contributed by atoms with Gasteiger partial charge in [0.25, 0.3) is 0 Å². The number of hydrogen-bond acceptors (Lipinski definition) is 4. The standard InChI is InChI=1S/C7H10N2O4/c1-13-4-9-2-5(7(11)12)6(3-10)8-9/h2,10H,3-4H2,1H3,(H,11,12). The molecule has 1 aromatic rings. The van der Waals surface area contributed by atoms with Crippen LogP contribution >= 0.6 is 0 Å². The summed E-state index contributed by atoms with van der Waals surface area (Å²) in [4.78, 5) is 10.6. The number of carbonyl (C=O) groups is 1. The van der Waals surface area contributed by atoms with E-state index in [0.717, 1.165) is 0 Å². The van der Waals surface area contributed by atoms with Crippen LogP contribution in [0.4, 0.5) is 0 Å². The molecule has 0 fully saturated rings. The van der Waals surface area contributed by atoms with E-state index in [0.29, 0.717) is 0 Å². The maximum atomic E-state index is 10.6. The van der Waals surface area contributed by atoms with Crippen molar-refractivity contribution in [3.8, 4) is 0 Å². The average molecular weight is 186 g/mol. The van der Waals surface area contributed by atoms with Gasteiger partial charge >= 0.3 is 5.97 Å². The molecule has 0 aliphatic rings. The molecule has 72 valence electrons. The zero-order valence-corrected chi connectivity index (χ0v) is 7.10. The minimum absolute atomic E-state index is 0.000417. The third-order valence-electron chi connectivity index (χ3n) is 1.48. The maximum absolute atomic E-state index is 10.6. The summed E-state index contributed by atoms with van der Waals surface area (Å²) in [5, 5.41) is 21.2. The summed E-state index contributed by atoms with van der Waals surface area (Å²) in [7, 11) is 1.47. The fraction of sp³-hybridized carbons (Fsp3) is 0.429. The summed E-state index contributed by atoms with van der Waals surface area (Å²) < 4.78 is 6.06. The fourth-order valence-electron chi connectivity index (χ4n) is 0.955. The Bertz CT molecular complexity index is 307. The minimum atomic E-state index is -1.11. The number of aromatic nitrogens is 2. The Hall–Kier alpha value is -1.40. The fourth-order valence-corrected chi connectivity index (χ4v) is 0.955. The Morgan fingerprint density at radius 3 is 2.85 bits per heavy atom. The number of aliphatic hydroxyl groups excluding tert-OH is 1. The molecular formula is C7H10N2O4. The molecule has 0 radical (unpaired) electrons. The van der Waals surface area contributed by atoms with Crippen molar-refractivity contribution in [2.45, 2.75) is 13.3 Å². The lowest BCUT2D eigenvalue weighted by molar-refractivity contribution is 0.0693. The smallest absolute Gasteiger partial charge is 0.339 e. The van der Waals surface area contributed by atoms with Gasteiger partial charge in [0, 0.05) is 13.3 Å². The predicted molar refractivity (Wildman–Crippen MR) is 42.1 cm³/mol. The van der Waals surface area contributed by atoms with Gasteiger partial charge < -0.3 is 14.9 Å². The lowest BCUT2D eigenvalue weighted by atomic mass is 10.2. The summed E-state index contributed by atoms with van der Waals surface area (Å²) in [6.45, 7) is -0.224. The number of carboxylic acids is 1. The van der Waals surface area contributed by atoms with Gasteiger partial charge in [-0.1, -0.05) is 0 Å². The zero-order valence-electron chi connectivity index (χ0n) is 7.10. The van der Waals surface area contributed by atoms with Crippen LogP contribution in [0.15, 0.2) is 6.20 Å². The summed E-state index contributed by atoms with van der Waals surface area (Å²) in [5.41, 5.74) is 0.143. The molecule has 6 nitrogen and oxygen atoms in total. The topological polar surface area (TPSA) is 84.6 Å². The van der Waals surface area contributed by atoms with Crippen LogP contribution in [0, 0.1) is 0 Å². The number of carboxylic acid groups (broad SMARTS) is 1. The first-order valence-corrected chi connectivity index (χ1v) is 3.58. The molecule has 0 spiro atoms. The van der Waals surface area contributed by atoms with Crippen molar-refractivity contribution < 1.29 is 19.7 Å². The van der Waals surface area contributed by atoms with Gasteiger partial charge in [-0.3, -0.25) is 0 Å². The molecule has 0 aliphatic carbocycles. The molecule has 0 saturated heterocycles. The lowest BCUT2D eigenvalue weighted by Crippen LogP contribution is -2.00. The molecule has 0 amide bonds. The molecule has 0 unspecified atom stereocenters. The number of aromatic carboxylic acids is 1. The number of hydrogen-bond donors (Lipinski definition) is 2. The van der Waals surface area contributed by atoms with Crippen LogP contribution < -0.4 is 0 Å². The summed E-state index contributed by atoms with van der Waals surface area (Å²) in [6, 6.07) is 0. The Labute approximate surface area is 74.4 Å². The molecule has 1 aromatic heterocycles. The van der Waals surface area contributed by atoms with Crippen LogP contribution in [0.25, 0.3) is 0 Å². The van der Waals surface area contributed by atoms with E-state index in [1.54, 1.807) is 0 Å². The van der Waals surface area contributed by atoms with Crippen LogP contribution in [-0.4, -0.2) is 33.1 Å². The second kappa shape index (κ2) is 4.01. The third-order valence-corrected chi connectivity index (χ3v) is 1.48. The molecule has 13 heavy (non-hydrogen) atoms. The van der Waals surface area contributed by atoms with Crippen LogP contribution in [0.5, 0.6) is 0 Å². The number of aliphatic hydroxyl groups is 1. The second-order valence-corrected chi connectivity index (χ2v) is 2.41. The van der Waals surface area contributed by atoms with Crippen molar-refractivity contribution in [3.63, 3.8) is 0 Å². The van der Waals surface area contributed by atoms with Crippen molar-refractivity contribution in [1.82, 2.24) is 9.78 Å². The van der Waals surface area contributed by atoms with Gasteiger partial charge in [-0.15, -0.1) is 0 Å². The molecule has 1 rings (SSSR count). The van der Waals surface area contributed by atoms with Crippen LogP contribution in [0.2, 0.25) is 0 Å². The molecule has 1 heterocycles. The van der Waals surface area contributed by atoms with Gasteiger partial charge in [-0.25, -0.2) is 9.48 Å². The van der Waals surface area contributed by atoms with Gasteiger partial charge in [0.05, 0.1) is 6.61 Å². The molecule has 0 aliphatic heterocycles.